The lowest BCUT2D eigenvalue weighted by Crippen LogP contribution is -2.42. The molecule has 0 saturated carbocycles. The molecule has 0 atom stereocenters. The van der Waals surface area contributed by atoms with Crippen LogP contribution in [-0.2, 0) is 17.8 Å². The maximum absolute atomic E-state index is 14.7. The monoisotopic (exact) mass is 544 g/mol. The number of halogens is 2. The molecule has 1 aliphatic rings. The molecule has 3 aromatic rings. The van der Waals surface area contributed by atoms with Crippen molar-refractivity contribution in [3.05, 3.63) is 53.6 Å². The van der Waals surface area contributed by atoms with Crippen molar-refractivity contribution in [3.63, 3.8) is 0 Å². The molecule has 0 spiro atoms. The predicted octanol–water partition coefficient (Wildman–Crippen LogP) is 5.42. The highest BCUT2D eigenvalue weighted by Crippen LogP contribution is 2.29. The van der Waals surface area contributed by atoms with Gasteiger partial charge in [0.2, 0.25) is 5.95 Å². The largest absolute Gasteiger partial charge is 0.494 e. The molecule has 1 aliphatic heterocycles. The van der Waals surface area contributed by atoms with Crippen molar-refractivity contribution in [3.8, 4) is 11.5 Å². The molecule has 0 aliphatic carbocycles. The smallest absolute Gasteiger partial charge is 0.410 e. The van der Waals surface area contributed by atoms with Crippen molar-refractivity contribution in [1.82, 2.24) is 24.6 Å². The van der Waals surface area contributed by atoms with Gasteiger partial charge >= 0.3 is 6.09 Å². The Bertz CT molecular complexity index is 1260. The van der Waals surface area contributed by atoms with E-state index in [1.54, 1.807) is 18.0 Å². The summed E-state index contributed by atoms with van der Waals surface area (Å²) in [6, 6.07) is 1.51. The van der Waals surface area contributed by atoms with E-state index in [1.807, 2.05) is 31.6 Å². The molecule has 1 aromatic carbocycles. The number of rotatable bonds is 8. The highest BCUT2D eigenvalue weighted by atomic mass is 19.1. The Kier molecular flexibility index (Phi) is 8.51. The second-order valence-electron chi connectivity index (χ2n) is 10.3. The molecule has 0 unspecified atom stereocenters. The minimum Gasteiger partial charge on any atom is -0.494 e. The maximum Gasteiger partial charge on any atom is 0.410 e. The number of piperidine rings is 1. The quantitative estimate of drug-likeness (QED) is 0.401. The third-order valence-corrected chi connectivity index (χ3v) is 6.29. The number of aromatic nitrogens is 4. The average Bonchev–Trinajstić information content (AvgIpc) is 3.37. The fourth-order valence-electron chi connectivity index (χ4n) is 4.24. The lowest BCUT2D eigenvalue weighted by Gasteiger charge is -2.33. The molecule has 1 N–H and O–H groups in total. The Hall–Kier alpha value is -3.96. The first-order valence-electron chi connectivity index (χ1n) is 12.9. The zero-order valence-corrected chi connectivity index (χ0v) is 22.8. The Morgan fingerprint density at radius 1 is 1.13 bits per heavy atom. The first kappa shape index (κ1) is 28.1. The summed E-state index contributed by atoms with van der Waals surface area (Å²) in [7, 11) is 1.33. The van der Waals surface area contributed by atoms with E-state index in [0.29, 0.717) is 36.7 Å². The van der Waals surface area contributed by atoms with E-state index in [9.17, 15) is 13.6 Å². The van der Waals surface area contributed by atoms with Crippen LogP contribution >= 0.6 is 0 Å². The van der Waals surface area contributed by atoms with E-state index < -0.39 is 17.2 Å². The van der Waals surface area contributed by atoms with E-state index in [4.69, 9.17) is 14.2 Å². The van der Waals surface area contributed by atoms with Crippen LogP contribution in [-0.4, -0.2) is 56.5 Å². The predicted molar refractivity (Wildman–Crippen MR) is 140 cm³/mol. The number of ether oxygens (including phenoxy) is 3. The van der Waals surface area contributed by atoms with Crippen molar-refractivity contribution < 1.29 is 27.8 Å². The van der Waals surface area contributed by atoms with E-state index in [0.717, 1.165) is 12.8 Å². The molecule has 0 radical (unpaired) electrons. The second-order valence-corrected chi connectivity index (χ2v) is 10.3. The number of carbonyl (C=O) groups is 1. The minimum atomic E-state index is -0.793. The summed E-state index contributed by atoms with van der Waals surface area (Å²) in [6.45, 7) is 8.19. The summed E-state index contributed by atoms with van der Waals surface area (Å²) in [5.74, 6) is -0.903. The number of anilines is 2. The molecular weight excluding hydrogens is 510 g/mol. The Labute approximate surface area is 226 Å². The summed E-state index contributed by atoms with van der Waals surface area (Å²) in [6.07, 6.45) is 7.99. The van der Waals surface area contributed by atoms with Crippen LogP contribution in [0.25, 0.3) is 0 Å². The molecular formula is C27H34F2N6O4. The van der Waals surface area contributed by atoms with Gasteiger partial charge in [0.05, 0.1) is 43.0 Å². The van der Waals surface area contributed by atoms with Gasteiger partial charge in [0.15, 0.2) is 17.3 Å². The van der Waals surface area contributed by atoms with Crippen molar-refractivity contribution >= 4 is 17.7 Å². The van der Waals surface area contributed by atoms with E-state index >= 15 is 0 Å². The van der Waals surface area contributed by atoms with Gasteiger partial charge in [0.25, 0.3) is 0 Å². The van der Waals surface area contributed by atoms with Gasteiger partial charge < -0.3 is 24.4 Å². The van der Waals surface area contributed by atoms with Crippen molar-refractivity contribution in [2.75, 3.05) is 25.5 Å². The lowest BCUT2D eigenvalue weighted by atomic mass is 10.1. The minimum absolute atomic E-state index is 0.0308. The number of amides is 1. The number of carbonyl (C=O) groups excluding carboxylic acids is 1. The molecule has 12 heteroatoms. The average molecular weight is 545 g/mol. The van der Waals surface area contributed by atoms with Crippen LogP contribution in [0.5, 0.6) is 11.5 Å². The normalized spacial score (nSPS) is 14.3. The van der Waals surface area contributed by atoms with Crippen LogP contribution in [0.4, 0.5) is 25.2 Å². The molecule has 4 rings (SSSR count). The topological polar surface area (TPSA) is 104 Å². The summed E-state index contributed by atoms with van der Waals surface area (Å²) < 4.78 is 47.2. The van der Waals surface area contributed by atoms with Gasteiger partial charge in [-0.05, 0) is 51.7 Å². The number of nitrogens with zero attached hydrogens (tertiary/aromatic N) is 5. The molecule has 10 nitrogen and oxygen atoms in total. The molecule has 39 heavy (non-hydrogen) atoms. The summed E-state index contributed by atoms with van der Waals surface area (Å²) in [5, 5.41) is 7.53. The van der Waals surface area contributed by atoms with Gasteiger partial charge in [-0.3, -0.25) is 4.68 Å². The Balaban J connectivity index is 1.31. The zero-order chi connectivity index (χ0) is 28.2. The van der Waals surface area contributed by atoms with Gasteiger partial charge in [-0.15, -0.1) is 0 Å². The Morgan fingerprint density at radius 2 is 1.82 bits per heavy atom. The number of methoxy groups -OCH3 is 1. The van der Waals surface area contributed by atoms with Crippen molar-refractivity contribution in [1.29, 1.82) is 0 Å². The molecule has 3 heterocycles. The number of benzene rings is 1. The number of hydrogen-bond donors (Lipinski definition) is 1. The molecule has 0 bridgehead atoms. The number of aryl methyl sites for hydroxylation is 1. The van der Waals surface area contributed by atoms with Gasteiger partial charge in [0, 0.05) is 19.3 Å². The van der Waals surface area contributed by atoms with Crippen LogP contribution in [0.3, 0.4) is 0 Å². The summed E-state index contributed by atoms with van der Waals surface area (Å²) in [5.41, 5.74) is 0.313. The zero-order valence-electron chi connectivity index (χ0n) is 22.8. The number of hydrogen-bond acceptors (Lipinski definition) is 8. The van der Waals surface area contributed by atoms with Crippen molar-refractivity contribution in [2.45, 2.75) is 65.2 Å². The van der Waals surface area contributed by atoms with E-state index in [1.165, 1.54) is 25.6 Å². The fraction of sp³-hybridized carbons (Fsp3) is 0.481. The van der Waals surface area contributed by atoms with Crippen LogP contribution in [0.1, 0.15) is 57.7 Å². The standard InChI is InChI=1S/C27H34F2N6O4/c1-6-17-11-22(37-5)24(29)21(23(17)28)16-38-20-13-30-25(31-14-20)33-18-12-32-35(15-18)19-7-9-34(10-8-19)26(36)39-27(2,3)4/h11-15,19H,6-10,16H2,1-5H3,(H,30,31,33). The Morgan fingerprint density at radius 3 is 2.44 bits per heavy atom. The van der Waals surface area contributed by atoms with Gasteiger partial charge in [-0.1, -0.05) is 6.92 Å². The number of likely N-dealkylation sites (tertiary alicyclic amines) is 1. The fourth-order valence-corrected chi connectivity index (χ4v) is 4.24. The molecule has 1 amide bonds. The third-order valence-electron chi connectivity index (χ3n) is 6.29. The van der Waals surface area contributed by atoms with Gasteiger partial charge in [0.1, 0.15) is 18.0 Å². The summed E-state index contributed by atoms with van der Waals surface area (Å²) >= 11 is 0. The van der Waals surface area contributed by atoms with Crippen LogP contribution < -0.4 is 14.8 Å². The maximum atomic E-state index is 14.7. The first-order valence-corrected chi connectivity index (χ1v) is 12.9. The summed E-state index contributed by atoms with van der Waals surface area (Å²) in [4.78, 5) is 22.5. The van der Waals surface area contributed by atoms with Crippen molar-refractivity contribution in [2.24, 2.45) is 0 Å². The SMILES string of the molecule is CCc1cc(OC)c(F)c(COc2cnc(Nc3cnn(C4CCN(C(=O)OC(C)(C)C)CC4)c3)nc2)c1F. The molecule has 1 fully saturated rings. The van der Waals surface area contributed by atoms with Gasteiger partial charge in [-0.2, -0.15) is 5.10 Å². The first-order chi connectivity index (χ1) is 18.6. The van der Waals surface area contributed by atoms with E-state index in [2.05, 4.69) is 20.4 Å². The third kappa shape index (κ3) is 6.92. The second kappa shape index (κ2) is 11.8. The molecule has 1 saturated heterocycles. The van der Waals surface area contributed by atoms with Crippen LogP contribution in [0.15, 0.2) is 30.9 Å². The van der Waals surface area contributed by atoms with Gasteiger partial charge in [-0.25, -0.2) is 23.5 Å². The highest BCUT2D eigenvalue weighted by Gasteiger charge is 2.28. The number of nitrogens with one attached hydrogen (secondary N) is 1. The van der Waals surface area contributed by atoms with Crippen LogP contribution in [0, 0.1) is 11.6 Å². The lowest BCUT2D eigenvalue weighted by molar-refractivity contribution is 0.0184. The van der Waals surface area contributed by atoms with E-state index in [-0.39, 0.29) is 35.8 Å². The molecule has 210 valence electrons. The highest BCUT2D eigenvalue weighted by molar-refractivity contribution is 5.68. The van der Waals surface area contributed by atoms with Crippen LogP contribution in [0.2, 0.25) is 0 Å². The molecule has 2 aromatic heterocycles.